The van der Waals surface area contributed by atoms with E-state index in [0.29, 0.717) is 24.1 Å². The SMILES string of the molecule is N#Cc1cccc(NS(=O)(=O)c2cc(CCN)ccc2F)c1. The molecule has 0 saturated carbocycles. The Bertz CT molecular complexity index is 829. The van der Waals surface area contributed by atoms with Gasteiger partial charge in [-0.3, -0.25) is 4.72 Å². The van der Waals surface area contributed by atoms with Crippen molar-refractivity contribution in [2.24, 2.45) is 5.73 Å². The van der Waals surface area contributed by atoms with E-state index < -0.39 is 20.7 Å². The lowest BCUT2D eigenvalue weighted by Gasteiger charge is -2.10. The highest BCUT2D eigenvalue weighted by Gasteiger charge is 2.20. The van der Waals surface area contributed by atoms with Crippen LogP contribution in [0.2, 0.25) is 0 Å². The van der Waals surface area contributed by atoms with E-state index in [9.17, 15) is 12.8 Å². The summed E-state index contributed by atoms with van der Waals surface area (Å²) in [5.41, 5.74) is 6.56. The molecule has 0 saturated heterocycles. The van der Waals surface area contributed by atoms with E-state index in [2.05, 4.69) is 4.72 Å². The zero-order chi connectivity index (χ0) is 16.2. The molecule has 0 aliphatic rings. The molecule has 2 aromatic carbocycles. The summed E-state index contributed by atoms with van der Waals surface area (Å²) in [6.45, 7) is 0.336. The van der Waals surface area contributed by atoms with Gasteiger partial charge in [-0.25, -0.2) is 12.8 Å². The maximum absolute atomic E-state index is 13.9. The fourth-order valence-electron chi connectivity index (χ4n) is 1.94. The molecular weight excluding hydrogens is 305 g/mol. The van der Waals surface area contributed by atoms with E-state index in [0.717, 1.165) is 6.07 Å². The molecular formula is C15H14FN3O2S. The van der Waals surface area contributed by atoms with Crippen LogP contribution in [0.15, 0.2) is 47.4 Å². The normalized spacial score (nSPS) is 11.0. The fraction of sp³-hybridized carbons (Fsp3) is 0.133. The minimum Gasteiger partial charge on any atom is -0.330 e. The molecule has 0 aromatic heterocycles. The molecule has 0 aliphatic carbocycles. The van der Waals surface area contributed by atoms with Gasteiger partial charge in [-0.05, 0) is 48.9 Å². The smallest absolute Gasteiger partial charge is 0.264 e. The molecule has 5 nitrogen and oxygen atoms in total. The van der Waals surface area contributed by atoms with Gasteiger partial charge in [-0.1, -0.05) is 12.1 Å². The number of anilines is 1. The largest absolute Gasteiger partial charge is 0.330 e. The zero-order valence-corrected chi connectivity index (χ0v) is 12.4. The van der Waals surface area contributed by atoms with Crippen molar-refractivity contribution in [1.29, 1.82) is 5.26 Å². The molecule has 7 heteroatoms. The number of hydrogen-bond acceptors (Lipinski definition) is 4. The summed E-state index contributed by atoms with van der Waals surface area (Å²) < 4.78 is 40.7. The van der Waals surface area contributed by atoms with E-state index >= 15 is 0 Å². The van der Waals surface area contributed by atoms with Crippen LogP contribution < -0.4 is 10.5 Å². The van der Waals surface area contributed by atoms with Crippen LogP contribution in [0.25, 0.3) is 0 Å². The van der Waals surface area contributed by atoms with Crippen LogP contribution in [0.3, 0.4) is 0 Å². The molecule has 0 aliphatic heterocycles. The van der Waals surface area contributed by atoms with Crippen LogP contribution >= 0.6 is 0 Å². The van der Waals surface area contributed by atoms with E-state index in [1.54, 1.807) is 6.07 Å². The van der Waals surface area contributed by atoms with Gasteiger partial charge in [0.05, 0.1) is 17.3 Å². The Morgan fingerprint density at radius 2 is 2.00 bits per heavy atom. The molecule has 2 aromatic rings. The summed E-state index contributed by atoms with van der Waals surface area (Å²) >= 11 is 0. The topological polar surface area (TPSA) is 96.0 Å². The Hall–Kier alpha value is -2.43. The summed E-state index contributed by atoms with van der Waals surface area (Å²) in [5.74, 6) is -0.843. The molecule has 0 amide bonds. The summed E-state index contributed by atoms with van der Waals surface area (Å²) in [4.78, 5) is -0.444. The molecule has 2 rings (SSSR count). The van der Waals surface area contributed by atoms with Crippen molar-refractivity contribution in [3.63, 3.8) is 0 Å². The van der Waals surface area contributed by atoms with Gasteiger partial charge in [0.1, 0.15) is 10.7 Å². The van der Waals surface area contributed by atoms with Gasteiger partial charge in [-0.2, -0.15) is 5.26 Å². The minimum absolute atomic E-state index is 0.197. The van der Waals surface area contributed by atoms with Crippen molar-refractivity contribution < 1.29 is 12.8 Å². The van der Waals surface area contributed by atoms with Gasteiger partial charge in [0.25, 0.3) is 10.0 Å². The number of benzene rings is 2. The molecule has 22 heavy (non-hydrogen) atoms. The van der Waals surface area contributed by atoms with Crippen LogP contribution in [0.1, 0.15) is 11.1 Å². The second-order valence-electron chi connectivity index (χ2n) is 4.60. The molecule has 0 unspecified atom stereocenters. The summed E-state index contributed by atoms with van der Waals surface area (Å²) in [6.07, 6.45) is 0.451. The number of sulfonamides is 1. The van der Waals surface area contributed by atoms with E-state index in [1.807, 2.05) is 6.07 Å². The van der Waals surface area contributed by atoms with Gasteiger partial charge in [0.15, 0.2) is 0 Å². The van der Waals surface area contributed by atoms with Gasteiger partial charge in [0, 0.05) is 0 Å². The van der Waals surface area contributed by atoms with Gasteiger partial charge >= 0.3 is 0 Å². The number of nitriles is 1. The van der Waals surface area contributed by atoms with Crippen molar-refractivity contribution in [2.45, 2.75) is 11.3 Å². The first-order valence-electron chi connectivity index (χ1n) is 6.48. The third-order valence-corrected chi connectivity index (χ3v) is 4.36. The van der Waals surface area contributed by atoms with E-state index in [4.69, 9.17) is 11.0 Å². The third kappa shape index (κ3) is 3.61. The maximum atomic E-state index is 13.9. The quantitative estimate of drug-likeness (QED) is 0.881. The minimum atomic E-state index is -4.09. The lowest BCUT2D eigenvalue weighted by molar-refractivity contribution is 0.569. The molecule has 0 atom stereocenters. The first kappa shape index (κ1) is 15.9. The van der Waals surface area contributed by atoms with Crippen LogP contribution in [0.5, 0.6) is 0 Å². The van der Waals surface area contributed by atoms with Crippen molar-refractivity contribution in [3.05, 3.63) is 59.4 Å². The molecule has 114 valence electrons. The van der Waals surface area contributed by atoms with Crippen molar-refractivity contribution in [1.82, 2.24) is 0 Å². The van der Waals surface area contributed by atoms with Gasteiger partial charge in [0.2, 0.25) is 0 Å². The monoisotopic (exact) mass is 319 g/mol. The average molecular weight is 319 g/mol. The number of rotatable bonds is 5. The number of nitrogens with two attached hydrogens (primary N) is 1. The molecule has 0 heterocycles. The number of nitrogens with one attached hydrogen (secondary N) is 1. The maximum Gasteiger partial charge on any atom is 0.264 e. The van der Waals surface area contributed by atoms with Gasteiger partial charge in [-0.15, -0.1) is 0 Å². The summed E-state index contributed by atoms with van der Waals surface area (Å²) in [7, 11) is -4.09. The third-order valence-electron chi connectivity index (χ3n) is 2.96. The lowest BCUT2D eigenvalue weighted by Crippen LogP contribution is -2.15. The Morgan fingerprint density at radius 1 is 1.23 bits per heavy atom. The second kappa shape index (κ2) is 6.56. The first-order valence-corrected chi connectivity index (χ1v) is 7.96. The van der Waals surface area contributed by atoms with Crippen LogP contribution in [-0.2, 0) is 16.4 Å². The molecule has 3 N–H and O–H groups in total. The predicted octanol–water partition coefficient (Wildman–Crippen LogP) is 2.00. The molecule has 0 radical (unpaired) electrons. The Kier molecular flexibility index (Phi) is 4.75. The van der Waals surface area contributed by atoms with Gasteiger partial charge < -0.3 is 5.73 Å². The Labute approximate surface area is 128 Å². The number of hydrogen-bond donors (Lipinski definition) is 2. The van der Waals surface area contributed by atoms with Crippen molar-refractivity contribution >= 4 is 15.7 Å². The molecule has 0 fully saturated rings. The highest BCUT2D eigenvalue weighted by molar-refractivity contribution is 7.92. The average Bonchev–Trinajstić information content (AvgIpc) is 2.49. The van der Waals surface area contributed by atoms with Crippen molar-refractivity contribution in [3.8, 4) is 6.07 Å². The number of nitrogens with zero attached hydrogens (tertiary/aromatic N) is 1. The highest BCUT2D eigenvalue weighted by atomic mass is 32.2. The molecule has 0 spiro atoms. The van der Waals surface area contributed by atoms with E-state index in [1.165, 1.54) is 30.3 Å². The Balaban J connectivity index is 2.38. The van der Waals surface area contributed by atoms with Crippen LogP contribution in [0.4, 0.5) is 10.1 Å². The van der Waals surface area contributed by atoms with Crippen LogP contribution in [-0.4, -0.2) is 15.0 Å². The number of halogens is 1. The standard InChI is InChI=1S/C15H14FN3O2S/c16-14-5-4-11(6-7-17)9-15(14)22(20,21)19-13-3-1-2-12(8-13)10-18/h1-5,8-9,19H,6-7,17H2. The predicted molar refractivity (Wildman–Crippen MR) is 81.1 cm³/mol. The second-order valence-corrected chi connectivity index (χ2v) is 6.25. The van der Waals surface area contributed by atoms with E-state index in [-0.39, 0.29) is 5.69 Å². The highest BCUT2D eigenvalue weighted by Crippen LogP contribution is 2.21. The first-order chi connectivity index (χ1) is 10.5. The van der Waals surface area contributed by atoms with Crippen LogP contribution in [0, 0.1) is 17.1 Å². The summed E-state index contributed by atoms with van der Waals surface area (Å²) in [5, 5.41) is 8.82. The Morgan fingerprint density at radius 3 is 2.68 bits per heavy atom. The lowest BCUT2D eigenvalue weighted by atomic mass is 10.1. The summed E-state index contributed by atoms with van der Waals surface area (Å²) in [6, 6.07) is 11.7. The fourth-order valence-corrected chi connectivity index (χ4v) is 3.12. The zero-order valence-electron chi connectivity index (χ0n) is 11.6. The molecule has 0 bridgehead atoms. The van der Waals surface area contributed by atoms with Crippen molar-refractivity contribution in [2.75, 3.05) is 11.3 Å².